The maximum Gasteiger partial charge on any atom is 0.174 e. The maximum atomic E-state index is 5.70. The predicted molar refractivity (Wildman–Crippen MR) is 105 cm³/mol. The Morgan fingerprint density at radius 1 is 1.04 bits per heavy atom. The van der Waals surface area contributed by atoms with Crippen LogP contribution in [0.5, 0.6) is 0 Å². The molecule has 1 fully saturated rings. The molecule has 2 N–H and O–H groups in total. The highest BCUT2D eigenvalue weighted by Gasteiger charge is 2.41. The van der Waals surface area contributed by atoms with Gasteiger partial charge in [-0.15, -0.1) is 0 Å². The lowest BCUT2D eigenvalue weighted by Gasteiger charge is -2.28. The number of nitrogens with zero attached hydrogens (tertiary/aromatic N) is 2. The van der Waals surface area contributed by atoms with Crippen LogP contribution in [-0.2, 0) is 0 Å². The topological polar surface area (TPSA) is 44.0 Å². The van der Waals surface area contributed by atoms with Gasteiger partial charge in [0, 0.05) is 23.3 Å². The van der Waals surface area contributed by atoms with Crippen LogP contribution in [0.2, 0.25) is 0 Å². The molecule has 0 amide bonds. The van der Waals surface area contributed by atoms with Gasteiger partial charge in [-0.25, -0.2) is 0 Å². The van der Waals surface area contributed by atoms with Gasteiger partial charge in [-0.2, -0.15) is 0 Å². The maximum absolute atomic E-state index is 5.70. The number of benzene rings is 1. The quantitative estimate of drug-likeness (QED) is 0.696. The van der Waals surface area contributed by atoms with E-state index in [0.29, 0.717) is 0 Å². The van der Waals surface area contributed by atoms with E-state index >= 15 is 0 Å². The number of rotatable bonds is 3. The molecule has 25 heavy (non-hydrogen) atoms. The van der Waals surface area contributed by atoms with E-state index in [1.807, 2.05) is 36.5 Å². The number of aromatic amines is 1. The fraction of sp³-hybridized carbons (Fsp3) is 0.200. The molecular weight excluding hydrogens is 328 g/mol. The molecule has 2 atom stereocenters. The van der Waals surface area contributed by atoms with Gasteiger partial charge in [-0.1, -0.05) is 24.3 Å². The smallest absolute Gasteiger partial charge is 0.174 e. The van der Waals surface area contributed by atoms with Crippen molar-refractivity contribution in [1.82, 2.24) is 15.3 Å². The monoisotopic (exact) mass is 348 g/mol. The number of aryl methyl sites for hydroxylation is 2. The molecule has 1 saturated heterocycles. The van der Waals surface area contributed by atoms with Gasteiger partial charge in [0.15, 0.2) is 5.11 Å². The Morgan fingerprint density at radius 2 is 1.80 bits per heavy atom. The van der Waals surface area contributed by atoms with Crippen LogP contribution in [0.25, 0.3) is 0 Å². The van der Waals surface area contributed by atoms with E-state index in [2.05, 4.69) is 58.3 Å². The van der Waals surface area contributed by atoms with Crippen LogP contribution in [0.4, 0.5) is 5.69 Å². The molecule has 0 aliphatic carbocycles. The van der Waals surface area contributed by atoms with Crippen LogP contribution in [0.15, 0.2) is 60.8 Å². The van der Waals surface area contributed by atoms with Crippen LogP contribution < -0.4 is 10.2 Å². The molecule has 5 heteroatoms. The molecule has 1 aromatic carbocycles. The van der Waals surface area contributed by atoms with Crippen molar-refractivity contribution in [2.75, 3.05) is 4.90 Å². The van der Waals surface area contributed by atoms with Crippen LogP contribution in [0.1, 0.15) is 34.7 Å². The third-order valence-corrected chi connectivity index (χ3v) is 4.96. The van der Waals surface area contributed by atoms with E-state index in [4.69, 9.17) is 12.2 Å². The fourth-order valence-electron chi connectivity index (χ4n) is 3.59. The summed E-state index contributed by atoms with van der Waals surface area (Å²) in [7, 11) is 0. The second kappa shape index (κ2) is 6.33. The average Bonchev–Trinajstić information content (AvgIpc) is 3.15. The van der Waals surface area contributed by atoms with Crippen molar-refractivity contribution in [1.29, 1.82) is 0 Å². The van der Waals surface area contributed by atoms with E-state index in [1.54, 1.807) is 0 Å². The highest BCUT2D eigenvalue weighted by Crippen LogP contribution is 2.42. The number of nitrogens with one attached hydrogen (secondary N) is 2. The second-order valence-electron chi connectivity index (χ2n) is 6.36. The summed E-state index contributed by atoms with van der Waals surface area (Å²) in [6.07, 6.45) is 1.83. The molecule has 3 aromatic rings. The first-order valence-electron chi connectivity index (χ1n) is 8.37. The van der Waals surface area contributed by atoms with E-state index in [0.717, 1.165) is 27.9 Å². The minimum absolute atomic E-state index is 0.00260. The van der Waals surface area contributed by atoms with Gasteiger partial charge in [-0.05, 0) is 62.0 Å². The van der Waals surface area contributed by atoms with Crippen LogP contribution in [-0.4, -0.2) is 15.1 Å². The summed E-state index contributed by atoms with van der Waals surface area (Å²) >= 11 is 5.70. The normalized spacial score (nSPS) is 19.9. The van der Waals surface area contributed by atoms with Crippen LogP contribution in [0, 0.1) is 13.8 Å². The molecule has 0 radical (unpaired) electrons. The first kappa shape index (κ1) is 15.8. The molecule has 0 spiro atoms. The summed E-state index contributed by atoms with van der Waals surface area (Å²) in [4.78, 5) is 10.2. The number of pyridine rings is 1. The number of hydrogen-bond donors (Lipinski definition) is 2. The molecule has 3 heterocycles. The molecule has 126 valence electrons. The largest absolute Gasteiger partial charge is 0.362 e. The molecule has 1 aliphatic rings. The number of aromatic nitrogens is 2. The lowest BCUT2D eigenvalue weighted by Crippen LogP contribution is -2.29. The summed E-state index contributed by atoms with van der Waals surface area (Å²) in [6, 6.07) is 18.6. The van der Waals surface area contributed by atoms with Crippen molar-refractivity contribution >= 4 is 23.0 Å². The molecule has 0 saturated carbocycles. The number of anilines is 1. The Kier molecular flexibility index (Phi) is 4.01. The molecular formula is C20H20N4S. The molecule has 2 unspecified atom stereocenters. The van der Waals surface area contributed by atoms with Crippen molar-refractivity contribution in [2.45, 2.75) is 25.9 Å². The first-order valence-corrected chi connectivity index (χ1v) is 8.78. The lowest BCUT2D eigenvalue weighted by atomic mass is 9.96. The van der Waals surface area contributed by atoms with Gasteiger partial charge in [0.2, 0.25) is 0 Å². The molecule has 1 aliphatic heterocycles. The summed E-state index contributed by atoms with van der Waals surface area (Å²) in [6.45, 7) is 4.20. The van der Waals surface area contributed by atoms with Crippen LogP contribution >= 0.6 is 12.2 Å². The Morgan fingerprint density at radius 3 is 2.44 bits per heavy atom. The average molecular weight is 348 g/mol. The second-order valence-corrected chi connectivity index (χ2v) is 6.75. The fourth-order valence-corrected chi connectivity index (χ4v) is 3.94. The van der Waals surface area contributed by atoms with Crippen molar-refractivity contribution < 1.29 is 0 Å². The van der Waals surface area contributed by atoms with E-state index in [9.17, 15) is 0 Å². The number of H-pyrrole nitrogens is 1. The van der Waals surface area contributed by atoms with Crippen molar-refractivity contribution in [3.8, 4) is 0 Å². The van der Waals surface area contributed by atoms with Gasteiger partial charge >= 0.3 is 0 Å². The SMILES string of the molecule is Cc1cc(C2C(c3ccccn3)NC(=S)N2c2ccccc2)c(C)[nH]1. The van der Waals surface area contributed by atoms with Crippen molar-refractivity contribution in [3.05, 3.63) is 83.4 Å². The standard InChI is InChI=1S/C20H20N4S/c1-13-12-16(14(2)22-13)19-18(17-10-6-7-11-21-17)23-20(25)24(19)15-8-4-3-5-9-15/h3-12,18-19,22H,1-2H3,(H,23,25). The van der Waals surface area contributed by atoms with E-state index in [-0.39, 0.29) is 12.1 Å². The summed E-state index contributed by atoms with van der Waals surface area (Å²) in [5.41, 5.74) is 5.63. The highest BCUT2D eigenvalue weighted by atomic mass is 32.1. The summed E-state index contributed by atoms with van der Waals surface area (Å²) in [5.74, 6) is 0. The zero-order chi connectivity index (χ0) is 17.4. The number of para-hydroxylation sites is 1. The Hall–Kier alpha value is -2.66. The Balaban J connectivity index is 1.86. The third kappa shape index (κ3) is 2.81. The molecule has 0 bridgehead atoms. The number of thiocarbonyl (C=S) groups is 1. The summed E-state index contributed by atoms with van der Waals surface area (Å²) in [5, 5.41) is 4.21. The molecule has 4 rings (SSSR count). The van der Waals surface area contributed by atoms with E-state index in [1.165, 1.54) is 5.56 Å². The minimum atomic E-state index is 0.00260. The van der Waals surface area contributed by atoms with Crippen molar-refractivity contribution in [3.63, 3.8) is 0 Å². The molecule has 4 nitrogen and oxygen atoms in total. The zero-order valence-corrected chi connectivity index (χ0v) is 15.0. The first-order chi connectivity index (χ1) is 12.1. The zero-order valence-electron chi connectivity index (χ0n) is 14.2. The highest BCUT2D eigenvalue weighted by molar-refractivity contribution is 7.80. The number of hydrogen-bond acceptors (Lipinski definition) is 2. The van der Waals surface area contributed by atoms with Crippen LogP contribution in [0.3, 0.4) is 0 Å². The Labute approximate surface area is 152 Å². The third-order valence-electron chi connectivity index (χ3n) is 4.64. The van der Waals surface area contributed by atoms with Gasteiger partial charge in [0.25, 0.3) is 0 Å². The van der Waals surface area contributed by atoms with Gasteiger partial charge in [-0.3, -0.25) is 4.98 Å². The van der Waals surface area contributed by atoms with E-state index < -0.39 is 0 Å². The lowest BCUT2D eigenvalue weighted by molar-refractivity contribution is 0.566. The predicted octanol–water partition coefficient (Wildman–Crippen LogP) is 4.20. The molecule has 2 aromatic heterocycles. The Bertz CT molecular complexity index is 889. The van der Waals surface area contributed by atoms with Gasteiger partial charge in [0.05, 0.1) is 17.8 Å². The van der Waals surface area contributed by atoms with Gasteiger partial charge in [0.1, 0.15) is 0 Å². The van der Waals surface area contributed by atoms with Crippen molar-refractivity contribution in [2.24, 2.45) is 0 Å². The summed E-state index contributed by atoms with van der Waals surface area (Å²) < 4.78 is 0. The van der Waals surface area contributed by atoms with Gasteiger partial charge < -0.3 is 15.2 Å². The minimum Gasteiger partial charge on any atom is -0.362 e.